The molecule has 72 valence electrons. The molecule has 1 aromatic rings. The maximum Gasteiger partial charge on any atom is 0.00762 e. The number of hydrogen-bond acceptors (Lipinski definition) is 2. The lowest BCUT2D eigenvalue weighted by atomic mass is 10.0. The van der Waals surface area contributed by atoms with E-state index in [4.69, 9.17) is 5.73 Å². The average Bonchev–Trinajstić information content (AvgIpc) is 2.70. The first kappa shape index (κ1) is 9.22. The number of hydrogen-bond donors (Lipinski definition) is 1. The van der Waals surface area contributed by atoms with Gasteiger partial charge < -0.3 is 5.73 Å². The molecule has 0 spiro atoms. The molecule has 1 aliphatic carbocycles. The predicted octanol–water partition coefficient (Wildman–Crippen LogP) is 2.98. The summed E-state index contributed by atoms with van der Waals surface area (Å²) < 4.78 is 0. The highest BCUT2D eigenvalue weighted by molar-refractivity contribution is 7.10. The van der Waals surface area contributed by atoms with Crippen LogP contribution in [-0.2, 0) is 0 Å². The van der Waals surface area contributed by atoms with Crippen molar-refractivity contribution in [3.05, 3.63) is 22.4 Å². The van der Waals surface area contributed by atoms with Gasteiger partial charge in [-0.1, -0.05) is 6.07 Å². The largest absolute Gasteiger partial charge is 0.330 e. The van der Waals surface area contributed by atoms with E-state index in [0.717, 1.165) is 18.4 Å². The van der Waals surface area contributed by atoms with Crippen LogP contribution in [0.4, 0.5) is 0 Å². The van der Waals surface area contributed by atoms with Gasteiger partial charge in [0.25, 0.3) is 0 Å². The third-order valence-electron chi connectivity index (χ3n) is 3.06. The molecule has 0 radical (unpaired) electrons. The highest BCUT2D eigenvalue weighted by Crippen LogP contribution is 2.40. The van der Waals surface area contributed by atoms with Crippen LogP contribution in [-0.4, -0.2) is 6.54 Å². The van der Waals surface area contributed by atoms with Crippen molar-refractivity contribution in [2.45, 2.75) is 31.6 Å². The summed E-state index contributed by atoms with van der Waals surface area (Å²) in [6, 6.07) is 4.44. The van der Waals surface area contributed by atoms with Crippen molar-refractivity contribution >= 4 is 11.3 Å². The quantitative estimate of drug-likeness (QED) is 0.788. The van der Waals surface area contributed by atoms with Crippen LogP contribution >= 0.6 is 11.3 Å². The molecule has 1 aromatic heterocycles. The Balaban J connectivity index is 1.91. The van der Waals surface area contributed by atoms with Gasteiger partial charge in [0.15, 0.2) is 0 Å². The van der Waals surface area contributed by atoms with Crippen LogP contribution in [0.2, 0.25) is 0 Å². The maximum atomic E-state index is 5.58. The molecule has 0 saturated heterocycles. The Kier molecular flexibility index (Phi) is 3.01. The zero-order valence-electron chi connectivity index (χ0n) is 7.91. The maximum absolute atomic E-state index is 5.58. The summed E-state index contributed by atoms with van der Waals surface area (Å²) in [5.41, 5.74) is 5.58. The normalized spacial score (nSPS) is 28.1. The Morgan fingerprint density at radius 3 is 3.08 bits per heavy atom. The van der Waals surface area contributed by atoms with Gasteiger partial charge in [-0.3, -0.25) is 0 Å². The molecule has 2 atom stereocenters. The van der Waals surface area contributed by atoms with Gasteiger partial charge in [-0.05, 0) is 55.5 Å². The summed E-state index contributed by atoms with van der Waals surface area (Å²) in [7, 11) is 0. The van der Waals surface area contributed by atoms with Crippen molar-refractivity contribution in [1.29, 1.82) is 0 Å². The van der Waals surface area contributed by atoms with Crippen molar-refractivity contribution < 1.29 is 0 Å². The lowest BCUT2D eigenvalue weighted by Crippen LogP contribution is -2.05. The summed E-state index contributed by atoms with van der Waals surface area (Å²) in [6.07, 6.45) is 5.37. The predicted molar refractivity (Wildman–Crippen MR) is 58.1 cm³/mol. The fourth-order valence-corrected chi connectivity index (χ4v) is 3.23. The van der Waals surface area contributed by atoms with Gasteiger partial charge in [0.05, 0.1) is 0 Å². The Morgan fingerprint density at radius 1 is 1.46 bits per heavy atom. The van der Waals surface area contributed by atoms with E-state index in [0.29, 0.717) is 0 Å². The van der Waals surface area contributed by atoms with E-state index in [2.05, 4.69) is 17.5 Å². The van der Waals surface area contributed by atoms with Crippen LogP contribution in [0.25, 0.3) is 0 Å². The van der Waals surface area contributed by atoms with Gasteiger partial charge in [0.1, 0.15) is 0 Å². The molecule has 1 heterocycles. The number of nitrogens with two attached hydrogens (primary N) is 1. The zero-order valence-corrected chi connectivity index (χ0v) is 8.72. The van der Waals surface area contributed by atoms with Crippen LogP contribution in [0.1, 0.15) is 36.5 Å². The molecule has 1 fully saturated rings. The van der Waals surface area contributed by atoms with Gasteiger partial charge in [0.2, 0.25) is 0 Å². The van der Waals surface area contributed by atoms with Crippen molar-refractivity contribution in [2.75, 3.05) is 6.54 Å². The Labute approximate surface area is 84.0 Å². The highest BCUT2D eigenvalue weighted by atomic mass is 32.1. The second kappa shape index (κ2) is 4.25. The molecule has 1 saturated carbocycles. The third kappa shape index (κ3) is 2.12. The van der Waals surface area contributed by atoms with Gasteiger partial charge in [-0.25, -0.2) is 0 Å². The molecule has 2 heteroatoms. The molecule has 2 rings (SSSR count). The van der Waals surface area contributed by atoms with Gasteiger partial charge in [-0.2, -0.15) is 0 Å². The van der Waals surface area contributed by atoms with Crippen molar-refractivity contribution in [2.24, 2.45) is 11.7 Å². The van der Waals surface area contributed by atoms with E-state index in [1.54, 1.807) is 4.88 Å². The molecule has 0 aliphatic heterocycles. The molecule has 1 nitrogen and oxygen atoms in total. The van der Waals surface area contributed by atoms with Gasteiger partial charge in [0, 0.05) is 4.88 Å². The number of thiophene rings is 1. The summed E-state index contributed by atoms with van der Waals surface area (Å²) in [5.74, 6) is 1.74. The van der Waals surface area contributed by atoms with Crippen LogP contribution < -0.4 is 5.73 Å². The standard InChI is InChI=1S/C11H17NS/c12-6-5-9-3-4-10(8-9)11-2-1-7-13-11/h1-2,7,9-10H,3-6,8,12H2. The Bertz CT molecular complexity index is 243. The molecular weight excluding hydrogens is 178 g/mol. The van der Waals surface area contributed by atoms with Crippen molar-refractivity contribution in [1.82, 2.24) is 0 Å². The second-order valence-electron chi connectivity index (χ2n) is 3.97. The summed E-state index contributed by atoms with van der Waals surface area (Å²) in [6.45, 7) is 0.863. The third-order valence-corrected chi connectivity index (χ3v) is 4.10. The first-order valence-electron chi connectivity index (χ1n) is 5.13. The van der Waals surface area contributed by atoms with E-state index in [1.807, 2.05) is 11.3 Å². The SMILES string of the molecule is NCCC1CCC(c2cccs2)C1. The summed E-state index contributed by atoms with van der Waals surface area (Å²) >= 11 is 1.91. The van der Waals surface area contributed by atoms with E-state index < -0.39 is 0 Å². The summed E-state index contributed by atoms with van der Waals surface area (Å²) in [5, 5.41) is 2.19. The molecule has 2 N–H and O–H groups in total. The minimum absolute atomic E-state index is 0.844. The minimum Gasteiger partial charge on any atom is -0.330 e. The monoisotopic (exact) mass is 195 g/mol. The van der Waals surface area contributed by atoms with Crippen LogP contribution in [0.5, 0.6) is 0 Å². The van der Waals surface area contributed by atoms with Crippen molar-refractivity contribution in [3.8, 4) is 0 Å². The Morgan fingerprint density at radius 2 is 2.38 bits per heavy atom. The second-order valence-corrected chi connectivity index (χ2v) is 4.95. The first-order valence-corrected chi connectivity index (χ1v) is 6.01. The van der Waals surface area contributed by atoms with E-state index in [-0.39, 0.29) is 0 Å². The molecule has 13 heavy (non-hydrogen) atoms. The van der Waals surface area contributed by atoms with Gasteiger partial charge >= 0.3 is 0 Å². The van der Waals surface area contributed by atoms with E-state index in [9.17, 15) is 0 Å². The molecule has 0 amide bonds. The molecular formula is C11H17NS. The topological polar surface area (TPSA) is 26.0 Å². The smallest absolute Gasteiger partial charge is 0.00762 e. The van der Waals surface area contributed by atoms with Crippen LogP contribution in [0.3, 0.4) is 0 Å². The Hall–Kier alpha value is -0.340. The van der Waals surface area contributed by atoms with E-state index in [1.165, 1.54) is 25.7 Å². The lowest BCUT2D eigenvalue weighted by Gasteiger charge is -2.08. The molecule has 1 aliphatic rings. The summed E-state index contributed by atoms with van der Waals surface area (Å²) in [4.78, 5) is 1.58. The van der Waals surface area contributed by atoms with Crippen LogP contribution in [0, 0.1) is 5.92 Å². The minimum atomic E-state index is 0.844. The molecule has 0 aromatic carbocycles. The van der Waals surface area contributed by atoms with Crippen molar-refractivity contribution in [3.63, 3.8) is 0 Å². The zero-order chi connectivity index (χ0) is 9.10. The average molecular weight is 195 g/mol. The lowest BCUT2D eigenvalue weighted by molar-refractivity contribution is 0.504. The highest BCUT2D eigenvalue weighted by Gasteiger charge is 2.25. The van der Waals surface area contributed by atoms with Gasteiger partial charge in [-0.15, -0.1) is 11.3 Å². The van der Waals surface area contributed by atoms with E-state index >= 15 is 0 Å². The number of rotatable bonds is 3. The van der Waals surface area contributed by atoms with Crippen LogP contribution in [0.15, 0.2) is 17.5 Å². The molecule has 0 bridgehead atoms. The fraction of sp³-hybridized carbons (Fsp3) is 0.636. The fourth-order valence-electron chi connectivity index (χ4n) is 2.35. The first-order chi connectivity index (χ1) is 6.40. The molecule has 2 unspecified atom stereocenters.